The Bertz CT molecular complexity index is 389. The number of hydrogen-bond acceptors (Lipinski definition) is 1. The Balaban J connectivity index is 2.34. The molecule has 17 heavy (non-hydrogen) atoms. The van der Waals surface area contributed by atoms with Gasteiger partial charge in [0.2, 0.25) is 0 Å². The second kappa shape index (κ2) is 4.81. The molecule has 1 saturated carbocycles. The maximum atomic E-state index is 3.56. The molecule has 2 rings (SSSR count). The minimum atomic E-state index is 0.439. The highest BCUT2D eigenvalue weighted by atomic mass is 14.9. The predicted octanol–water partition coefficient (Wildman–Crippen LogP) is 4.14. The first-order chi connectivity index (χ1) is 8.07. The van der Waals surface area contributed by atoms with Gasteiger partial charge in [-0.3, -0.25) is 0 Å². The van der Waals surface area contributed by atoms with Crippen LogP contribution in [0.3, 0.4) is 0 Å². The Morgan fingerprint density at radius 2 is 1.82 bits per heavy atom. The maximum Gasteiger partial charge on any atom is 0.0374 e. The van der Waals surface area contributed by atoms with Gasteiger partial charge in [0.05, 0.1) is 0 Å². The summed E-state index contributed by atoms with van der Waals surface area (Å²) in [6.45, 7) is 6.86. The number of benzene rings is 1. The first kappa shape index (κ1) is 12.6. The van der Waals surface area contributed by atoms with Crippen LogP contribution in [0.25, 0.3) is 0 Å². The average Bonchev–Trinajstić information content (AvgIpc) is 2.70. The zero-order valence-corrected chi connectivity index (χ0v) is 11.6. The van der Waals surface area contributed by atoms with E-state index < -0.39 is 0 Å². The molecule has 0 radical (unpaired) electrons. The highest BCUT2D eigenvalue weighted by Crippen LogP contribution is 2.47. The summed E-state index contributed by atoms with van der Waals surface area (Å²) in [6, 6.07) is 7.36. The second-order valence-corrected chi connectivity index (χ2v) is 5.94. The summed E-state index contributed by atoms with van der Waals surface area (Å²) in [5.74, 6) is 0. The van der Waals surface area contributed by atoms with Gasteiger partial charge in [0, 0.05) is 6.04 Å². The van der Waals surface area contributed by atoms with Gasteiger partial charge in [-0.2, -0.15) is 0 Å². The lowest BCUT2D eigenvalue weighted by Crippen LogP contribution is -2.32. The van der Waals surface area contributed by atoms with Crippen molar-refractivity contribution in [2.75, 3.05) is 7.05 Å². The van der Waals surface area contributed by atoms with Crippen molar-refractivity contribution in [2.24, 2.45) is 5.41 Å². The maximum absolute atomic E-state index is 3.56. The van der Waals surface area contributed by atoms with Crippen LogP contribution in [0.15, 0.2) is 18.2 Å². The normalized spacial score (nSPS) is 20.5. The van der Waals surface area contributed by atoms with Crippen molar-refractivity contribution in [3.05, 3.63) is 34.9 Å². The van der Waals surface area contributed by atoms with E-state index >= 15 is 0 Å². The summed E-state index contributed by atoms with van der Waals surface area (Å²) in [7, 11) is 2.10. The topological polar surface area (TPSA) is 12.0 Å². The van der Waals surface area contributed by atoms with Crippen LogP contribution < -0.4 is 5.32 Å². The summed E-state index contributed by atoms with van der Waals surface area (Å²) in [6.07, 6.45) is 5.48. The van der Waals surface area contributed by atoms with Crippen LogP contribution in [0.1, 0.15) is 55.3 Å². The van der Waals surface area contributed by atoms with E-state index in [1.807, 2.05) is 0 Å². The van der Waals surface area contributed by atoms with Crippen molar-refractivity contribution in [2.45, 2.75) is 52.5 Å². The highest BCUT2D eigenvalue weighted by molar-refractivity contribution is 5.34. The van der Waals surface area contributed by atoms with Crippen LogP contribution in [0.4, 0.5) is 0 Å². The van der Waals surface area contributed by atoms with Crippen molar-refractivity contribution in [3.8, 4) is 0 Å². The molecule has 0 spiro atoms. The van der Waals surface area contributed by atoms with Crippen molar-refractivity contribution in [1.82, 2.24) is 5.32 Å². The summed E-state index contributed by atoms with van der Waals surface area (Å²) in [5.41, 5.74) is 4.71. The number of hydrogen-bond donors (Lipinski definition) is 1. The fourth-order valence-electron chi connectivity index (χ4n) is 3.50. The Morgan fingerprint density at radius 3 is 2.35 bits per heavy atom. The molecule has 1 fully saturated rings. The fraction of sp³-hybridized carbons (Fsp3) is 0.625. The third-order valence-corrected chi connectivity index (χ3v) is 4.47. The monoisotopic (exact) mass is 231 g/mol. The molecule has 0 heterocycles. The first-order valence-electron chi connectivity index (χ1n) is 6.81. The van der Waals surface area contributed by atoms with E-state index in [0.29, 0.717) is 11.5 Å². The van der Waals surface area contributed by atoms with Crippen LogP contribution >= 0.6 is 0 Å². The summed E-state index contributed by atoms with van der Waals surface area (Å²) in [5, 5.41) is 3.56. The molecular formula is C16H25N. The molecule has 1 atom stereocenters. The summed E-state index contributed by atoms with van der Waals surface area (Å²) in [4.78, 5) is 0. The van der Waals surface area contributed by atoms with E-state index in [0.717, 1.165) is 0 Å². The quantitative estimate of drug-likeness (QED) is 0.824. The molecule has 1 aromatic carbocycles. The standard InChI is InChI=1S/C16H25N/c1-12-7-8-14(13(2)11-12)15(17-4)16(3)9-5-6-10-16/h7-8,11,15,17H,5-6,9-10H2,1-4H3. The van der Waals surface area contributed by atoms with Gasteiger partial charge in [-0.15, -0.1) is 0 Å². The Hall–Kier alpha value is -0.820. The van der Waals surface area contributed by atoms with Gasteiger partial charge in [-0.05, 0) is 50.3 Å². The Kier molecular flexibility index (Phi) is 3.58. The first-order valence-corrected chi connectivity index (χ1v) is 6.81. The zero-order chi connectivity index (χ0) is 12.5. The van der Waals surface area contributed by atoms with Gasteiger partial charge < -0.3 is 5.32 Å². The summed E-state index contributed by atoms with van der Waals surface area (Å²) < 4.78 is 0. The van der Waals surface area contributed by atoms with Crippen LogP contribution in [0, 0.1) is 19.3 Å². The van der Waals surface area contributed by atoms with Crippen LogP contribution in [0.2, 0.25) is 0 Å². The van der Waals surface area contributed by atoms with E-state index in [1.54, 1.807) is 0 Å². The smallest absolute Gasteiger partial charge is 0.0374 e. The number of rotatable bonds is 3. The molecule has 0 aliphatic heterocycles. The molecular weight excluding hydrogens is 206 g/mol. The molecule has 1 aliphatic rings. The molecule has 94 valence electrons. The number of nitrogens with one attached hydrogen (secondary N) is 1. The summed E-state index contributed by atoms with van der Waals surface area (Å²) >= 11 is 0. The molecule has 1 heteroatoms. The highest BCUT2D eigenvalue weighted by Gasteiger charge is 2.37. The van der Waals surface area contributed by atoms with Crippen molar-refractivity contribution < 1.29 is 0 Å². The van der Waals surface area contributed by atoms with Crippen LogP contribution in [-0.4, -0.2) is 7.05 Å². The van der Waals surface area contributed by atoms with Crippen LogP contribution in [-0.2, 0) is 0 Å². The average molecular weight is 231 g/mol. The van der Waals surface area contributed by atoms with Gasteiger partial charge in [0.1, 0.15) is 0 Å². The molecule has 1 N–H and O–H groups in total. The third-order valence-electron chi connectivity index (χ3n) is 4.47. The molecule has 1 nitrogen and oxygen atoms in total. The predicted molar refractivity (Wildman–Crippen MR) is 74.3 cm³/mol. The lowest BCUT2D eigenvalue weighted by molar-refractivity contribution is 0.233. The minimum absolute atomic E-state index is 0.439. The van der Waals surface area contributed by atoms with Gasteiger partial charge in [0.25, 0.3) is 0 Å². The van der Waals surface area contributed by atoms with E-state index in [-0.39, 0.29) is 0 Å². The third kappa shape index (κ3) is 2.40. The van der Waals surface area contributed by atoms with E-state index in [4.69, 9.17) is 0 Å². The molecule has 1 aromatic rings. The fourth-order valence-corrected chi connectivity index (χ4v) is 3.50. The van der Waals surface area contributed by atoms with Crippen molar-refractivity contribution in [1.29, 1.82) is 0 Å². The van der Waals surface area contributed by atoms with Gasteiger partial charge in [-0.1, -0.05) is 43.5 Å². The van der Waals surface area contributed by atoms with Gasteiger partial charge in [-0.25, -0.2) is 0 Å². The minimum Gasteiger partial charge on any atom is -0.313 e. The number of aryl methyl sites for hydroxylation is 2. The molecule has 0 amide bonds. The van der Waals surface area contributed by atoms with Crippen LogP contribution in [0.5, 0.6) is 0 Å². The molecule has 0 aromatic heterocycles. The molecule has 1 aliphatic carbocycles. The lowest BCUT2D eigenvalue weighted by Gasteiger charge is -2.35. The zero-order valence-electron chi connectivity index (χ0n) is 11.6. The SMILES string of the molecule is CNC(c1ccc(C)cc1C)C1(C)CCCC1. The van der Waals surface area contributed by atoms with E-state index in [1.165, 1.54) is 42.4 Å². The van der Waals surface area contributed by atoms with Gasteiger partial charge >= 0.3 is 0 Å². The largest absolute Gasteiger partial charge is 0.313 e. The molecule has 1 unspecified atom stereocenters. The second-order valence-electron chi connectivity index (χ2n) is 5.94. The molecule has 0 bridgehead atoms. The van der Waals surface area contributed by atoms with Gasteiger partial charge in [0.15, 0.2) is 0 Å². The van der Waals surface area contributed by atoms with E-state index in [2.05, 4.69) is 51.3 Å². The lowest BCUT2D eigenvalue weighted by atomic mass is 9.76. The van der Waals surface area contributed by atoms with E-state index in [9.17, 15) is 0 Å². The Labute approximate surface area is 106 Å². The molecule has 0 saturated heterocycles. The Morgan fingerprint density at radius 1 is 1.18 bits per heavy atom. The van der Waals surface area contributed by atoms with Crippen molar-refractivity contribution >= 4 is 0 Å². The van der Waals surface area contributed by atoms with Crippen molar-refractivity contribution in [3.63, 3.8) is 0 Å².